The Morgan fingerprint density at radius 2 is 1.86 bits per heavy atom. The number of hydrogen-bond donors (Lipinski definition) is 2. The third-order valence-electron chi connectivity index (χ3n) is 6.76. The van der Waals surface area contributed by atoms with E-state index in [1.54, 1.807) is 6.92 Å². The average Bonchev–Trinajstić information content (AvgIpc) is 2.79. The van der Waals surface area contributed by atoms with Crippen molar-refractivity contribution in [1.29, 1.82) is 5.26 Å². The number of benzene rings is 2. The first-order valence-electron chi connectivity index (χ1n) is 10.9. The van der Waals surface area contributed by atoms with Gasteiger partial charge in [0.1, 0.15) is 0 Å². The number of nitriles is 1. The standard InChI is InChI=1S/C24H24ClF3N2O4S/c1-3-15-10-17(8-13(2)24(15,32)6-7-29)35(33,34)21-9-14(4-5-18(21)25)23(31)30-16-11-19(26)22(28)20(27)12-16/h4-5,9,11-13,15,17,32H,3,6,8,10H2,1-2H3,(H,30,31)/t13-,15?,17-,24-/m0/s1. The molecule has 2 N–H and O–H groups in total. The van der Waals surface area contributed by atoms with Gasteiger partial charge in [-0.2, -0.15) is 5.26 Å². The summed E-state index contributed by atoms with van der Waals surface area (Å²) in [6, 6.07) is 6.73. The van der Waals surface area contributed by atoms with Gasteiger partial charge in [0, 0.05) is 23.4 Å². The molecule has 0 radical (unpaired) electrons. The third-order valence-corrected chi connectivity index (χ3v) is 9.41. The van der Waals surface area contributed by atoms with E-state index >= 15 is 0 Å². The lowest BCUT2D eigenvalue weighted by Crippen LogP contribution is -2.51. The Kier molecular flexibility index (Phi) is 7.84. The monoisotopic (exact) mass is 528 g/mol. The van der Waals surface area contributed by atoms with Crippen LogP contribution in [0.3, 0.4) is 0 Å². The van der Waals surface area contributed by atoms with Gasteiger partial charge in [-0.05, 0) is 42.9 Å². The Hall–Kier alpha value is -2.61. The maximum Gasteiger partial charge on any atom is 0.255 e. The van der Waals surface area contributed by atoms with Crippen molar-refractivity contribution in [3.8, 4) is 6.07 Å². The van der Waals surface area contributed by atoms with Gasteiger partial charge in [-0.3, -0.25) is 4.79 Å². The minimum absolute atomic E-state index is 0.0951. The number of carbonyl (C=O) groups is 1. The van der Waals surface area contributed by atoms with E-state index in [1.165, 1.54) is 12.1 Å². The van der Waals surface area contributed by atoms with Gasteiger partial charge in [-0.25, -0.2) is 21.6 Å². The molecule has 0 heterocycles. The average molecular weight is 529 g/mol. The van der Waals surface area contributed by atoms with Gasteiger partial charge in [-0.15, -0.1) is 0 Å². The van der Waals surface area contributed by atoms with Gasteiger partial charge in [-0.1, -0.05) is 31.9 Å². The second-order valence-corrected chi connectivity index (χ2v) is 11.4. The smallest absolute Gasteiger partial charge is 0.255 e. The van der Waals surface area contributed by atoms with Crippen LogP contribution >= 0.6 is 11.6 Å². The molecular weight excluding hydrogens is 505 g/mol. The van der Waals surface area contributed by atoms with Crippen LogP contribution in [0.2, 0.25) is 5.02 Å². The molecule has 0 spiro atoms. The van der Waals surface area contributed by atoms with Crippen LogP contribution in [0.4, 0.5) is 18.9 Å². The molecule has 35 heavy (non-hydrogen) atoms. The summed E-state index contributed by atoms with van der Waals surface area (Å²) in [7, 11) is -4.06. The summed E-state index contributed by atoms with van der Waals surface area (Å²) in [4.78, 5) is 12.4. The van der Waals surface area contributed by atoms with Gasteiger partial charge < -0.3 is 10.4 Å². The van der Waals surface area contributed by atoms with Crippen molar-refractivity contribution in [3.05, 3.63) is 58.4 Å². The first-order valence-corrected chi connectivity index (χ1v) is 12.9. The fourth-order valence-corrected chi connectivity index (χ4v) is 7.17. The number of nitrogens with zero attached hydrogens (tertiary/aromatic N) is 1. The summed E-state index contributed by atoms with van der Waals surface area (Å²) < 4.78 is 67.2. The van der Waals surface area contributed by atoms with Crippen molar-refractivity contribution >= 4 is 33.0 Å². The topological polar surface area (TPSA) is 107 Å². The summed E-state index contributed by atoms with van der Waals surface area (Å²) in [5, 5.41) is 21.4. The highest BCUT2D eigenvalue weighted by molar-refractivity contribution is 7.92. The molecule has 11 heteroatoms. The first-order chi connectivity index (χ1) is 16.3. The van der Waals surface area contributed by atoms with Gasteiger partial charge in [0.25, 0.3) is 5.91 Å². The van der Waals surface area contributed by atoms with Crippen LogP contribution in [0.25, 0.3) is 0 Å². The molecule has 0 aliphatic heterocycles. The molecule has 2 aromatic carbocycles. The summed E-state index contributed by atoms with van der Waals surface area (Å²) in [6.45, 7) is 3.52. The van der Waals surface area contributed by atoms with Crippen LogP contribution in [-0.2, 0) is 9.84 Å². The number of carbonyl (C=O) groups excluding carboxylic acids is 1. The molecule has 1 aliphatic rings. The van der Waals surface area contributed by atoms with Crippen molar-refractivity contribution in [2.24, 2.45) is 11.8 Å². The van der Waals surface area contributed by atoms with E-state index in [4.69, 9.17) is 16.9 Å². The quantitative estimate of drug-likeness (QED) is 0.498. The minimum atomic E-state index is -4.06. The highest BCUT2D eigenvalue weighted by Gasteiger charge is 2.49. The molecular formula is C24H24ClF3N2O4S. The Balaban J connectivity index is 1.91. The Morgan fingerprint density at radius 3 is 2.43 bits per heavy atom. The predicted octanol–water partition coefficient (Wildman–Crippen LogP) is 5.25. The Morgan fingerprint density at radius 1 is 1.23 bits per heavy atom. The molecule has 3 rings (SSSR count). The molecule has 0 saturated heterocycles. The lowest BCUT2D eigenvalue weighted by atomic mass is 9.66. The number of amides is 1. The number of aliphatic hydroxyl groups is 1. The van der Waals surface area contributed by atoms with Crippen molar-refractivity contribution in [2.45, 2.75) is 55.3 Å². The van der Waals surface area contributed by atoms with Crippen molar-refractivity contribution in [2.75, 3.05) is 5.32 Å². The van der Waals surface area contributed by atoms with E-state index in [0.717, 1.165) is 6.07 Å². The van der Waals surface area contributed by atoms with E-state index in [0.29, 0.717) is 18.6 Å². The zero-order valence-electron chi connectivity index (χ0n) is 19.0. The van der Waals surface area contributed by atoms with Crippen molar-refractivity contribution in [3.63, 3.8) is 0 Å². The summed E-state index contributed by atoms with van der Waals surface area (Å²) in [6.07, 6.45) is 0.566. The molecule has 1 saturated carbocycles. The summed E-state index contributed by atoms with van der Waals surface area (Å²) >= 11 is 6.19. The molecule has 1 aliphatic carbocycles. The molecule has 188 valence electrons. The maximum absolute atomic E-state index is 13.5. The number of halogens is 4. The lowest BCUT2D eigenvalue weighted by molar-refractivity contribution is -0.0847. The highest BCUT2D eigenvalue weighted by Crippen LogP contribution is 2.45. The highest BCUT2D eigenvalue weighted by atomic mass is 35.5. The molecule has 2 aromatic rings. The molecule has 1 fully saturated rings. The summed E-state index contributed by atoms with van der Waals surface area (Å²) in [5.41, 5.74) is -1.80. The van der Waals surface area contributed by atoms with Crippen LogP contribution in [0.5, 0.6) is 0 Å². The van der Waals surface area contributed by atoms with Crippen molar-refractivity contribution < 1.29 is 31.5 Å². The Labute approximate surface area is 206 Å². The summed E-state index contributed by atoms with van der Waals surface area (Å²) in [5.74, 6) is -6.46. The molecule has 1 unspecified atom stereocenters. The fourth-order valence-electron chi connectivity index (χ4n) is 4.71. The minimum Gasteiger partial charge on any atom is -0.388 e. The van der Waals surface area contributed by atoms with E-state index in [9.17, 15) is 31.5 Å². The van der Waals surface area contributed by atoms with Gasteiger partial charge in [0.15, 0.2) is 27.3 Å². The normalized spacial score (nSPS) is 24.6. The Bertz CT molecular complexity index is 1280. The number of sulfone groups is 1. The number of anilines is 1. The van der Waals surface area contributed by atoms with Crippen LogP contribution in [0, 0.1) is 40.6 Å². The molecule has 6 nitrogen and oxygen atoms in total. The zero-order chi connectivity index (χ0) is 26.1. The van der Waals surface area contributed by atoms with Crippen LogP contribution in [0.1, 0.15) is 49.9 Å². The van der Waals surface area contributed by atoms with Crippen LogP contribution in [0.15, 0.2) is 35.2 Å². The number of nitrogens with one attached hydrogen (secondary N) is 1. The molecule has 4 atom stereocenters. The predicted molar refractivity (Wildman–Crippen MR) is 124 cm³/mol. The van der Waals surface area contributed by atoms with E-state index in [-0.39, 0.29) is 40.4 Å². The van der Waals surface area contributed by atoms with Crippen LogP contribution in [-0.4, -0.2) is 30.3 Å². The third kappa shape index (κ3) is 5.17. The van der Waals surface area contributed by atoms with Crippen LogP contribution < -0.4 is 5.32 Å². The SMILES string of the molecule is CCC1C[C@@H](S(=O)(=O)c2cc(C(=O)Nc3cc(F)c(F)c(F)c3)ccc2Cl)C[C@H](C)[C@@]1(O)CC#N. The van der Waals surface area contributed by atoms with E-state index in [2.05, 4.69) is 5.32 Å². The number of rotatable bonds is 6. The largest absolute Gasteiger partial charge is 0.388 e. The van der Waals surface area contributed by atoms with E-state index in [1.807, 2.05) is 13.0 Å². The zero-order valence-corrected chi connectivity index (χ0v) is 20.6. The maximum atomic E-state index is 13.5. The fraction of sp³-hybridized carbons (Fsp3) is 0.417. The lowest BCUT2D eigenvalue weighted by Gasteiger charge is -2.46. The molecule has 1 amide bonds. The van der Waals surface area contributed by atoms with Gasteiger partial charge in [0.05, 0.1) is 33.3 Å². The molecule has 0 aromatic heterocycles. The molecule has 0 bridgehead atoms. The van der Waals surface area contributed by atoms with Crippen molar-refractivity contribution in [1.82, 2.24) is 0 Å². The first kappa shape index (κ1) is 27.0. The van der Waals surface area contributed by atoms with Gasteiger partial charge >= 0.3 is 0 Å². The van der Waals surface area contributed by atoms with Gasteiger partial charge in [0.2, 0.25) is 0 Å². The van der Waals surface area contributed by atoms with E-state index < -0.39 is 55.9 Å². The number of hydrogen-bond acceptors (Lipinski definition) is 5. The second kappa shape index (κ2) is 10.2. The second-order valence-electron chi connectivity index (χ2n) is 8.82.